The van der Waals surface area contributed by atoms with Gasteiger partial charge in [-0.15, -0.1) is 0 Å². The van der Waals surface area contributed by atoms with Gasteiger partial charge in [0.1, 0.15) is 36.6 Å². The molecule has 2 amide bonds. The molecule has 10 heteroatoms. The maximum absolute atomic E-state index is 14.5. The Hall–Kier alpha value is -5.25. The Balaban J connectivity index is 1.46. The lowest BCUT2D eigenvalue weighted by Gasteiger charge is -2.18. The Morgan fingerprint density at radius 3 is 2.05 bits per heavy atom. The van der Waals surface area contributed by atoms with Gasteiger partial charge in [0.05, 0.1) is 7.11 Å². The van der Waals surface area contributed by atoms with Crippen molar-refractivity contribution in [2.24, 2.45) is 0 Å². The van der Waals surface area contributed by atoms with Crippen LogP contribution in [0.1, 0.15) is 21.5 Å². The van der Waals surface area contributed by atoms with E-state index in [0.29, 0.717) is 0 Å². The van der Waals surface area contributed by atoms with E-state index >= 15 is 0 Å². The summed E-state index contributed by atoms with van der Waals surface area (Å²) in [5.41, 5.74) is 1.81. The molecule has 1 atom stereocenters. The fraction of sp³-hybridized carbons (Fsp3) is 0.156. The second kappa shape index (κ2) is 14.4. The van der Waals surface area contributed by atoms with Crippen molar-refractivity contribution in [2.45, 2.75) is 19.3 Å². The Morgan fingerprint density at radius 1 is 0.762 bits per heavy atom. The first-order valence-corrected chi connectivity index (χ1v) is 12.9. The number of ether oxygens (including phenoxy) is 3. The minimum Gasteiger partial charge on any atom is -0.496 e. The second-order valence-electron chi connectivity index (χ2n) is 9.14. The van der Waals surface area contributed by atoms with Gasteiger partial charge >= 0.3 is 12.1 Å². The van der Waals surface area contributed by atoms with E-state index in [1.54, 1.807) is 48.5 Å². The van der Waals surface area contributed by atoms with Gasteiger partial charge in [-0.1, -0.05) is 60.7 Å². The SMILES string of the molecule is COc1ccc(F)cc1-c1cc(F)cc(C(=O)NC[C@@H](NC(=O)OCc2ccccc2)C(=O)OCc2ccccc2)c1. The molecular formula is C32H28F2N2O6. The maximum Gasteiger partial charge on any atom is 0.408 e. The fourth-order valence-electron chi connectivity index (χ4n) is 4.01. The molecule has 8 nitrogen and oxygen atoms in total. The number of nitrogens with one attached hydrogen (secondary N) is 2. The quantitative estimate of drug-likeness (QED) is 0.232. The first-order valence-electron chi connectivity index (χ1n) is 12.9. The third kappa shape index (κ3) is 8.37. The number of halogens is 2. The first-order chi connectivity index (χ1) is 20.3. The second-order valence-corrected chi connectivity index (χ2v) is 9.14. The summed E-state index contributed by atoms with van der Waals surface area (Å²) < 4.78 is 44.3. The molecule has 0 bridgehead atoms. The number of benzene rings is 4. The number of carbonyl (C=O) groups is 3. The fourth-order valence-corrected chi connectivity index (χ4v) is 4.01. The van der Waals surface area contributed by atoms with Crippen LogP contribution in [-0.4, -0.2) is 37.7 Å². The summed E-state index contributed by atoms with van der Waals surface area (Å²) in [6, 6.07) is 23.8. The topological polar surface area (TPSA) is 103 Å². The van der Waals surface area contributed by atoms with Crippen LogP contribution in [0, 0.1) is 11.6 Å². The molecule has 4 rings (SSSR count). The molecule has 0 fully saturated rings. The highest BCUT2D eigenvalue weighted by atomic mass is 19.1. The van der Waals surface area contributed by atoms with E-state index in [1.165, 1.54) is 31.4 Å². The predicted molar refractivity (Wildman–Crippen MR) is 150 cm³/mol. The average Bonchev–Trinajstić information content (AvgIpc) is 3.01. The average molecular weight is 575 g/mol. The molecule has 0 aliphatic rings. The van der Waals surface area contributed by atoms with Gasteiger partial charge in [0.2, 0.25) is 0 Å². The Labute approximate surface area is 241 Å². The summed E-state index contributed by atoms with van der Waals surface area (Å²) in [5, 5.41) is 4.94. The zero-order valence-corrected chi connectivity index (χ0v) is 22.6. The molecule has 2 N–H and O–H groups in total. The van der Waals surface area contributed by atoms with Gasteiger partial charge in [0.25, 0.3) is 5.91 Å². The van der Waals surface area contributed by atoms with E-state index in [1.807, 2.05) is 12.1 Å². The van der Waals surface area contributed by atoms with Crippen molar-refractivity contribution in [1.82, 2.24) is 10.6 Å². The minimum atomic E-state index is -1.32. The summed E-state index contributed by atoms with van der Waals surface area (Å²) in [4.78, 5) is 38.5. The highest BCUT2D eigenvalue weighted by molar-refractivity contribution is 5.96. The van der Waals surface area contributed by atoms with Crippen LogP contribution in [0.25, 0.3) is 11.1 Å². The summed E-state index contributed by atoms with van der Waals surface area (Å²) in [6.45, 7) is -0.490. The smallest absolute Gasteiger partial charge is 0.408 e. The molecule has 0 saturated carbocycles. The van der Waals surface area contributed by atoms with Crippen molar-refractivity contribution < 1.29 is 37.4 Å². The van der Waals surface area contributed by atoms with Gasteiger partial charge in [-0.2, -0.15) is 0 Å². The lowest BCUT2D eigenvalue weighted by atomic mass is 10.0. The molecule has 216 valence electrons. The molecule has 42 heavy (non-hydrogen) atoms. The van der Waals surface area contributed by atoms with E-state index in [4.69, 9.17) is 14.2 Å². The summed E-state index contributed by atoms with van der Waals surface area (Å²) >= 11 is 0. The molecule has 0 saturated heterocycles. The minimum absolute atomic E-state index is 0.0412. The predicted octanol–water partition coefficient (Wildman–Crippen LogP) is 5.41. The van der Waals surface area contributed by atoms with Crippen molar-refractivity contribution in [3.63, 3.8) is 0 Å². The van der Waals surface area contributed by atoms with Gasteiger partial charge in [-0.3, -0.25) is 4.79 Å². The molecule has 0 aliphatic carbocycles. The Kier molecular flexibility index (Phi) is 10.2. The zero-order valence-electron chi connectivity index (χ0n) is 22.6. The van der Waals surface area contributed by atoms with Gasteiger partial charge in [-0.25, -0.2) is 18.4 Å². The van der Waals surface area contributed by atoms with Crippen LogP contribution >= 0.6 is 0 Å². The third-order valence-electron chi connectivity index (χ3n) is 6.11. The number of rotatable bonds is 11. The molecule has 0 unspecified atom stereocenters. The van der Waals surface area contributed by atoms with Crippen LogP contribution in [0.4, 0.5) is 13.6 Å². The molecular weight excluding hydrogens is 546 g/mol. The van der Waals surface area contributed by atoms with Crippen molar-refractivity contribution in [3.05, 3.63) is 125 Å². The van der Waals surface area contributed by atoms with Crippen LogP contribution in [-0.2, 0) is 27.5 Å². The van der Waals surface area contributed by atoms with E-state index in [2.05, 4.69) is 10.6 Å². The summed E-state index contributed by atoms with van der Waals surface area (Å²) in [7, 11) is 1.39. The van der Waals surface area contributed by atoms with E-state index < -0.39 is 35.6 Å². The van der Waals surface area contributed by atoms with Gasteiger partial charge in [-0.05, 0) is 53.1 Å². The van der Waals surface area contributed by atoms with Crippen LogP contribution in [0.2, 0.25) is 0 Å². The Morgan fingerprint density at radius 2 is 1.40 bits per heavy atom. The highest BCUT2D eigenvalue weighted by Gasteiger charge is 2.25. The van der Waals surface area contributed by atoms with Crippen LogP contribution in [0.5, 0.6) is 5.75 Å². The van der Waals surface area contributed by atoms with Crippen LogP contribution in [0.15, 0.2) is 97.1 Å². The highest BCUT2D eigenvalue weighted by Crippen LogP contribution is 2.31. The monoisotopic (exact) mass is 574 g/mol. The summed E-state index contributed by atoms with van der Waals surface area (Å²) in [6.07, 6.45) is -0.902. The molecule has 0 radical (unpaired) electrons. The van der Waals surface area contributed by atoms with Gasteiger partial charge < -0.3 is 24.8 Å². The zero-order chi connectivity index (χ0) is 29.9. The van der Waals surface area contributed by atoms with E-state index in [0.717, 1.165) is 23.3 Å². The molecule has 0 aromatic heterocycles. The standard InChI is InChI=1S/C32H28F2N2O6/c1-40-29-13-12-25(33)17-27(29)23-14-24(16-26(34)15-23)30(37)35-18-28(31(38)41-19-21-8-4-2-5-9-21)36-32(39)42-20-22-10-6-3-7-11-22/h2-17,28H,18-20H2,1H3,(H,35,37)(H,36,39)/t28-/m1/s1. The van der Waals surface area contributed by atoms with E-state index in [9.17, 15) is 23.2 Å². The molecule has 0 heterocycles. The normalized spacial score (nSPS) is 11.2. The number of hydrogen-bond donors (Lipinski definition) is 2. The van der Waals surface area contributed by atoms with Crippen LogP contribution in [0.3, 0.4) is 0 Å². The number of methoxy groups -OCH3 is 1. The molecule has 0 spiro atoms. The molecule has 0 aliphatic heterocycles. The van der Waals surface area contributed by atoms with Gasteiger partial charge in [0.15, 0.2) is 0 Å². The van der Waals surface area contributed by atoms with Crippen molar-refractivity contribution in [2.75, 3.05) is 13.7 Å². The summed E-state index contributed by atoms with van der Waals surface area (Å²) in [5.74, 6) is -2.59. The number of esters is 1. The largest absolute Gasteiger partial charge is 0.496 e. The third-order valence-corrected chi connectivity index (χ3v) is 6.11. The van der Waals surface area contributed by atoms with Crippen LogP contribution < -0.4 is 15.4 Å². The Bertz CT molecular complexity index is 1530. The number of hydrogen-bond acceptors (Lipinski definition) is 6. The molecule has 4 aromatic rings. The van der Waals surface area contributed by atoms with Gasteiger partial charge in [0, 0.05) is 17.7 Å². The molecule has 4 aromatic carbocycles. The number of alkyl carbamates (subject to hydrolysis) is 1. The van der Waals surface area contributed by atoms with Crippen molar-refractivity contribution >= 4 is 18.0 Å². The lowest BCUT2D eigenvalue weighted by molar-refractivity contribution is -0.147. The number of carbonyl (C=O) groups excluding carboxylic acids is 3. The number of amides is 2. The van der Waals surface area contributed by atoms with E-state index in [-0.39, 0.29) is 42.2 Å². The first kappa shape index (κ1) is 29.7. The lowest BCUT2D eigenvalue weighted by Crippen LogP contribution is -2.49. The van der Waals surface area contributed by atoms with Crippen molar-refractivity contribution in [1.29, 1.82) is 0 Å². The van der Waals surface area contributed by atoms with Crippen molar-refractivity contribution in [3.8, 4) is 16.9 Å². The maximum atomic E-state index is 14.5.